The van der Waals surface area contributed by atoms with Crippen molar-refractivity contribution in [2.45, 2.75) is 49.5 Å². The second-order valence-corrected chi connectivity index (χ2v) is 11.3. The number of ether oxygens (including phenoxy) is 2. The molecule has 3 heterocycles. The normalized spacial score (nSPS) is 21.3. The molecule has 2 aromatic carbocycles. The fourth-order valence-electron chi connectivity index (χ4n) is 5.09. The van der Waals surface area contributed by atoms with E-state index < -0.39 is 10.0 Å². The van der Waals surface area contributed by atoms with Crippen LogP contribution in [0.25, 0.3) is 6.08 Å². The van der Waals surface area contributed by atoms with Gasteiger partial charge in [0.2, 0.25) is 15.9 Å². The van der Waals surface area contributed by atoms with Crippen molar-refractivity contribution in [3.05, 3.63) is 59.7 Å². The first kappa shape index (κ1) is 23.9. The maximum Gasteiger partial charge on any atom is 0.247 e. The second kappa shape index (κ2) is 10.4. The number of likely N-dealkylation sites (tertiary alicyclic amines) is 1. The van der Waals surface area contributed by atoms with Crippen LogP contribution in [0.4, 0.5) is 0 Å². The van der Waals surface area contributed by atoms with Gasteiger partial charge in [-0.25, -0.2) is 8.42 Å². The van der Waals surface area contributed by atoms with Crippen molar-refractivity contribution >= 4 is 22.0 Å². The predicted molar refractivity (Wildman–Crippen MR) is 134 cm³/mol. The summed E-state index contributed by atoms with van der Waals surface area (Å²) in [6, 6.07) is 12.7. The molecule has 3 aliphatic rings. The van der Waals surface area contributed by atoms with E-state index >= 15 is 0 Å². The minimum absolute atomic E-state index is 0.00381. The number of nitrogens with zero attached hydrogens (tertiary/aromatic N) is 2. The maximum absolute atomic E-state index is 13.0. The molecule has 0 spiro atoms. The first-order chi connectivity index (χ1) is 17.0. The third-order valence-electron chi connectivity index (χ3n) is 6.99. The summed E-state index contributed by atoms with van der Waals surface area (Å²) in [6.45, 7) is 2.95. The molecule has 35 heavy (non-hydrogen) atoms. The lowest BCUT2D eigenvalue weighted by molar-refractivity contribution is -0.126. The molecule has 1 atom stereocenters. The molecule has 186 valence electrons. The van der Waals surface area contributed by atoms with Crippen LogP contribution in [0.3, 0.4) is 0 Å². The number of amides is 1. The highest BCUT2D eigenvalue weighted by Gasteiger charge is 2.30. The highest BCUT2D eigenvalue weighted by atomic mass is 32.2. The molecular formula is C27H32N2O5S. The molecule has 0 bridgehead atoms. The molecule has 0 saturated carbocycles. The summed E-state index contributed by atoms with van der Waals surface area (Å²) in [4.78, 5) is 15.2. The fourth-order valence-corrected chi connectivity index (χ4v) is 6.61. The third-order valence-corrected chi connectivity index (χ3v) is 8.90. The zero-order valence-corrected chi connectivity index (χ0v) is 20.7. The molecule has 3 aliphatic heterocycles. The molecule has 2 fully saturated rings. The molecule has 8 heteroatoms. The van der Waals surface area contributed by atoms with Crippen molar-refractivity contribution in [1.29, 1.82) is 0 Å². The number of rotatable bonds is 5. The Balaban J connectivity index is 1.26. The van der Waals surface area contributed by atoms with Crippen LogP contribution in [0.15, 0.2) is 53.4 Å². The summed E-state index contributed by atoms with van der Waals surface area (Å²) in [6.07, 6.45) is 9.16. The monoisotopic (exact) mass is 496 g/mol. The number of hydrogen-bond donors (Lipinski definition) is 0. The van der Waals surface area contributed by atoms with E-state index in [9.17, 15) is 13.2 Å². The van der Waals surface area contributed by atoms with Crippen LogP contribution in [0, 0.1) is 0 Å². The Morgan fingerprint density at radius 2 is 1.57 bits per heavy atom. The molecule has 0 N–H and O–H groups in total. The van der Waals surface area contributed by atoms with Gasteiger partial charge < -0.3 is 14.4 Å². The van der Waals surface area contributed by atoms with Crippen LogP contribution < -0.4 is 9.47 Å². The van der Waals surface area contributed by atoms with Gasteiger partial charge >= 0.3 is 0 Å². The number of hydrogen-bond acceptors (Lipinski definition) is 5. The van der Waals surface area contributed by atoms with Gasteiger partial charge in [0, 0.05) is 25.7 Å². The van der Waals surface area contributed by atoms with Crippen molar-refractivity contribution in [3.63, 3.8) is 0 Å². The maximum atomic E-state index is 13.0. The van der Waals surface area contributed by atoms with Gasteiger partial charge in [-0.1, -0.05) is 31.0 Å². The Kier molecular flexibility index (Phi) is 7.11. The van der Waals surface area contributed by atoms with E-state index in [1.54, 1.807) is 40.7 Å². The Labute approximate surface area is 207 Å². The van der Waals surface area contributed by atoms with Gasteiger partial charge in [-0.15, -0.1) is 0 Å². The molecule has 2 saturated heterocycles. The van der Waals surface area contributed by atoms with Crippen LogP contribution in [0.2, 0.25) is 0 Å². The van der Waals surface area contributed by atoms with Gasteiger partial charge in [0.25, 0.3) is 0 Å². The molecular weight excluding hydrogens is 464 g/mol. The van der Waals surface area contributed by atoms with Crippen molar-refractivity contribution < 1.29 is 22.7 Å². The zero-order valence-electron chi connectivity index (χ0n) is 19.9. The Hall–Kier alpha value is -2.84. The third kappa shape index (κ3) is 5.23. The standard InChI is InChI=1S/C27H32N2O5S/c30-27(29-17-5-6-24(29)22-10-13-25-26(20-22)34-19-18-33-25)14-9-21-7-11-23(12-8-21)35(31,32)28-15-3-1-2-4-16-28/h7-14,20,24H,1-6,15-19H2/b14-9+. The molecule has 0 radical (unpaired) electrons. The molecule has 0 aromatic heterocycles. The van der Waals surface area contributed by atoms with Gasteiger partial charge in [-0.2, -0.15) is 4.31 Å². The minimum atomic E-state index is -3.48. The Bertz CT molecular complexity index is 1180. The molecule has 0 aliphatic carbocycles. The van der Waals surface area contributed by atoms with Gasteiger partial charge in [-0.3, -0.25) is 4.79 Å². The summed E-state index contributed by atoms with van der Waals surface area (Å²) in [5.74, 6) is 1.43. The Morgan fingerprint density at radius 1 is 0.857 bits per heavy atom. The summed E-state index contributed by atoms with van der Waals surface area (Å²) >= 11 is 0. The second-order valence-electron chi connectivity index (χ2n) is 9.31. The Morgan fingerprint density at radius 3 is 2.31 bits per heavy atom. The lowest BCUT2D eigenvalue weighted by Gasteiger charge is -2.26. The topological polar surface area (TPSA) is 76.2 Å². The molecule has 2 aromatic rings. The van der Waals surface area contributed by atoms with E-state index in [4.69, 9.17) is 9.47 Å². The summed E-state index contributed by atoms with van der Waals surface area (Å²) in [7, 11) is -3.48. The predicted octanol–water partition coefficient (Wildman–Crippen LogP) is 4.40. The van der Waals surface area contributed by atoms with Crippen LogP contribution in [0.5, 0.6) is 11.5 Å². The molecule has 7 nitrogen and oxygen atoms in total. The largest absolute Gasteiger partial charge is 0.486 e. The van der Waals surface area contributed by atoms with Gasteiger partial charge in [0.05, 0.1) is 10.9 Å². The van der Waals surface area contributed by atoms with Gasteiger partial charge in [-0.05, 0) is 67.2 Å². The van der Waals surface area contributed by atoms with Gasteiger partial charge in [0.15, 0.2) is 11.5 Å². The summed E-state index contributed by atoms with van der Waals surface area (Å²) in [5, 5.41) is 0. The SMILES string of the molecule is O=C(/C=C/c1ccc(S(=O)(=O)N2CCCCCC2)cc1)N1CCCC1c1ccc2c(c1)OCCO2. The first-order valence-electron chi connectivity index (χ1n) is 12.5. The lowest BCUT2D eigenvalue weighted by Crippen LogP contribution is -2.31. The van der Waals surface area contributed by atoms with Crippen LogP contribution >= 0.6 is 0 Å². The zero-order chi connectivity index (χ0) is 24.3. The average Bonchev–Trinajstić information content (AvgIpc) is 3.21. The molecule has 1 amide bonds. The number of sulfonamides is 1. The van der Waals surface area contributed by atoms with Crippen LogP contribution in [-0.4, -0.2) is 56.4 Å². The summed E-state index contributed by atoms with van der Waals surface area (Å²) < 4.78 is 38.9. The first-order valence-corrected chi connectivity index (χ1v) is 13.9. The van der Waals surface area contributed by atoms with E-state index in [1.165, 1.54) is 0 Å². The summed E-state index contributed by atoms with van der Waals surface area (Å²) in [5.41, 5.74) is 1.85. The van der Waals surface area contributed by atoms with Crippen molar-refractivity contribution in [2.24, 2.45) is 0 Å². The number of benzene rings is 2. The minimum Gasteiger partial charge on any atom is -0.486 e. The molecule has 5 rings (SSSR count). The van der Waals surface area contributed by atoms with Gasteiger partial charge in [0.1, 0.15) is 13.2 Å². The van der Waals surface area contributed by atoms with Crippen molar-refractivity contribution in [3.8, 4) is 11.5 Å². The van der Waals surface area contributed by atoms with E-state index in [0.29, 0.717) is 37.7 Å². The van der Waals surface area contributed by atoms with Crippen LogP contribution in [0.1, 0.15) is 55.7 Å². The fraction of sp³-hybridized carbons (Fsp3) is 0.444. The lowest BCUT2D eigenvalue weighted by atomic mass is 10.0. The van der Waals surface area contributed by atoms with E-state index in [0.717, 1.165) is 61.2 Å². The van der Waals surface area contributed by atoms with E-state index in [2.05, 4.69) is 0 Å². The van der Waals surface area contributed by atoms with E-state index in [-0.39, 0.29) is 11.9 Å². The number of fused-ring (bicyclic) bond motifs is 1. The van der Waals surface area contributed by atoms with E-state index in [1.807, 2.05) is 23.1 Å². The average molecular weight is 497 g/mol. The number of carbonyl (C=O) groups is 1. The smallest absolute Gasteiger partial charge is 0.247 e. The highest BCUT2D eigenvalue weighted by molar-refractivity contribution is 7.89. The van der Waals surface area contributed by atoms with Crippen molar-refractivity contribution in [1.82, 2.24) is 9.21 Å². The highest BCUT2D eigenvalue weighted by Crippen LogP contribution is 2.38. The number of carbonyl (C=O) groups excluding carboxylic acids is 1. The van der Waals surface area contributed by atoms with Crippen LogP contribution in [-0.2, 0) is 14.8 Å². The molecule has 1 unspecified atom stereocenters. The quantitative estimate of drug-likeness (QED) is 0.574. The van der Waals surface area contributed by atoms with Crippen molar-refractivity contribution in [2.75, 3.05) is 32.8 Å².